The second kappa shape index (κ2) is 6.00. The lowest BCUT2D eigenvalue weighted by Gasteiger charge is -2.21. The predicted octanol–water partition coefficient (Wildman–Crippen LogP) is 4.35. The van der Waals surface area contributed by atoms with Crippen molar-refractivity contribution in [3.05, 3.63) is 78.4 Å². The van der Waals surface area contributed by atoms with E-state index in [1.54, 1.807) is 0 Å². The Bertz CT molecular complexity index is 870. The number of cyclic esters (lactones) is 1. The quantitative estimate of drug-likeness (QED) is 0.730. The number of hydrogen-bond acceptors (Lipinski definition) is 3. The molecule has 3 aromatic rings. The van der Waals surface area contributed by atoms with Crippen molar-refractivity contribution in [3.63, 3.8) is 0 Å². The van der Waals surface area contributed by atoms with Crippen molar-refractivity contribution >= 4 is 22.4 Å². The maximum atomic E-state index is 12.4. The van der Waals surface area contributed by atoms with Crippen LogP contribution in [0.1, 0.15) is 18.4 Å². The van der Waals surface area contributed by atoms with Gasteiger partial charge in [0.1, 0.15) is 12.1 Å². The van der Waals surface area contributed by atoms with E-state index in [9.17, 15) is 4.79 Å². The minimum atomic E-state index is -0.381. The van der Waals surface area contributed by atoms with Gasteiger partial charge in [0.2, 0.25) is 0 Å². The minimum Gasteiger partial charge on any atom is -0.460 e. The summed E-state index contributed by atoms with van der Waals surface area (Å²) in [5.41, 5.74) is 2.08. The SMILES string of the molecule is C[C@@H]1OC(=O)[C@H](Nc2cccc3ccccc23)[C@H]1c1ccccc1. The van der Waals surface area contributed by atoms with Crippen LogP contribution in [-0.2, 0) is 9.53 Å². The van der Waals surface area contributed by atoms with Gasteiger partial charge in [-0.1, -0.05) is 66.7 Å². The molecule has 1 fully saturated rings. The Labute approximate surface area is 141 Å². The fourth-order valence-electron chi connectivity index (χ4n) is 3.55. The normalized spacial score (nSPS) is 23.2. The van der Waals surface area contributed by atoms with Gasteiger partial charge in [0.15, 0.2) is 0 Å². The fraction of sp³-hybridized carbons (Fsp3) is 0.190. The van der Waals surface area contributed by atoms with E-state index in [0.717, 1.165) is 22.0 Å². The molecule has 120 valence electrons. The van der Waals surface area contributed by atoms with Crippen LogP contribution in [0.5, 0.6) is 0 Å². The molecule has 0 saturated carbocycles. The molecule has 0 spiro atoms. The molecule has 4 rings (SSSR count). The lowest BCUT2D eigenvalue weighted by atomic mass is 9.89. The third kappa shape index (κ3) is 2.52. The third-order valence-corrected chi connectivity index (χ3v) is 4.71. The summed E-state index contributed by atoms with van der Waals surface area (Å²) in [6.07, 6.45) is -0.146. The highest BCUT2D eigenvalue weighted by Crippen LogP contribution is 2.35. The molecule has 1 heterocycles. The Morgan fingerprint density at radius 1 is 0.875 bits per heavy atom. The van der Waals surface area contributed by atoms with Gasteiger partial charge in [-0.25, -0.2) is 4.79 Å². The summed E-state index contributed by atoms with van der Waals surface area (Å²) in [4.78, 5) is 12.4. The van der Waals surface area contributed by atoms with Gasteiger partial charge in [0, 0.05) is 11.1 Å². The van der Waals surface area contributed by atoms with Crippen LogP contribution >= 0.6 is 0 Å². The maximum absolute atomic E-state index is 12.4. The van der Waals surface area contributed by atoms with E-state index in [-0.39, 0.29) is 24.0 Å². The molecule has 1 saturated heterocycles. The lowest BCUT2D eigenvalue weighted by Crippen LogP contribution is -2.31. The Morgan fingerprint density at radius 2 is 1.58 bits per heavy atom. The number of nitrogens with one attached hydrogen (secondary N) is 1. The molecule has 0 aromatic heterocycles. The molecule has 1 N–H and O–H groups in total. The highest BCUT2D eigenvalue weighted by molar-refractivity contribution is 5.96. The number of ether oxygens (including phenoxy) is 1. The van der Waals surface area contributed by atoms with E-state index < -0.39 is 0 Å². The van der Waals surface area contributed by atoms with Crippen LogP contribution in [0.2, 0.25) is 0 Å². The first kappa shape index (κ1) is 14.8. The molecular formula is C21H19NO2. The molecular weight excluding hydrogens is 298 g/mol. The Kier molecular flexibility index (Phi) is 3.69. The number of carbonyl (C=O) groups is 1. The van der Waals surface area contributed by atoms with Gasteiger partial charge < -0.3 is 10.1 Å². The summed E-state index contributed by atoms with van der Waals surface area (Å²) in [7, 11) is 0. The van der Waals surface area contributed by atoms with Gasteiger partial charge in [0.05, 0.1) is 5.92 Å². The van der Waals surface area contributed by atoms with E-state index in [0.29, 0.717) is 0 Å². The molecule has 1 aliphatic rings. The van der Waals surface area contributed by atoms with Crippen LogP contribution in [0.25, 0.3) is 10.8 Å². The molecule has 3 aromatic carbocycles. The van der Waals surface area contributed by atoms with Gasteiger partial charge in [-0.3, -0.25) is 0 Å². The summed E-state index contributed by atoms with van der Waals surface area (Å²) in [6.45, 7) is 1.96. The summed E-state index contributed by atoms with van der Waals surface area (Å²) < 4.78 is 5.52. The van der Waals surface area contributed by atoms with Gasteiger partial charge in [0.25, 0.3) is 0 Å². The second-order valence-electron chi connectivity index (χ2n) is 6.23. The predicted molar refractivity (Wildman–Crippen MR) is 96.1 cm³/mol. The van der Waals surface area contributed by atoms with Crippen molar-refractivity contribution < 1.29 is 9.53 Å². The van der Waals surface area contributed by atoms with Gasteiger partial charge in [-0.15, -0.1) is 0 Å². The van der Waals surface area contributed by atoms with Crippen LogP contribution < -0.4 is 5.32 Å². The molecule has 3 atom stereocenters. The fourth-order valence-corrected chi connectivity index (χ4v) is 3.55. The van der Waals surface area contributed by atoms with E-state index in [2.05, 4.69) is 35.6 Å². The zero-order valence-electron chi connectivity index (χ0n) is 13.5. The average Bonchev–Trinajstić information content (AvgIpc) is 2.89. The molecule has 3 nitrogen and oxygen atoms in total. The van der Waals surface area contributed by atoms with E-state index in [1.807, 2.05) is 49.4 Å². The highest BCUT2D eigenvalue weighted by atomic mass is 16.6. The summed E-state index contributed by atoms with van der Waals surface area (Å²) in [6, 6.07) is 24.0. The number of rotatable bonds is 3. The Hall–Kier alpha value is -2.81. The largest absolute Gasteiger partial charge is 0.460 e. The Morgan fingerprint density at radius 3 is 2.42 bits per heavy atom. The number of fused-ring (bicyclic) bond motifs is 1. The smallest absolute Gasteiger partial charge is 0.329 e. The molecule has 1 aliphatic heterocycles. The van der Waals surface area contributed by atoms with E-state index in [4.69, 9.17) is 4.74 Å². The molecule has 3 heteroatoms. The summed E-state index contributed by atoms with van der Waals surface area (Å²) in [5, 5.41) is 5.70. The van der Waals surface area contributed by atoms with Gasteiger partial charge >= 0.3 is 5.97 Å². The molecule has 0 radical (unpaired) electrons. The topological polar surface area (TPSA) is 38.3 Å². The van der Waals surface area contributed by atoms with Crippen molar-refractivity contribution in [2.45, 2.75) is 25.0 Å². The minimum absolute atomic E-state index is 0.00216. The molecule has 0 amide bonds. The number of benzene rings is 3. The zero-order valence-corrected chi connectivity index (χ0v) is 13.5. The Balaban J connectivity index is 1.72. The van der Waals surface area contributed by atoms with Crippen molar-refractivity contribution in [1.29, 1.82) is 0 Å². The van der Waals surface area contributed by atoms with Gasteiger partial charge in [-0.2, -0.15) is 0 Å². The number of hydrogen-bond donors (Lipinski definition) is 1. The standard InChI is InChI=1S/C21H19NO2/c1-14-19(16-9-3-2-4-10-16)20(21(23)24-14)22-18-13-7-11-15-8-5-6-12-17(15)18/h2-14,19-20,22H,1H3/t14-,19+,20+/m0/s1. The molecule has 24 heavy (non-hydrogen) atoms. The van der Waals surface area contributed by atoms with E-state index >= 15 is 0 Å². The first-order chi connectivity index (χ1) is 11.7. The third-order valence-electron chi connectivity index (χ3n) is 4.71. The molecule has 0 aliphatic carbocycles. The molecule has 0 bridgehead atoms. The van der Waals surface area contributed by atoms with Crippen molar-refractivity contribution in [2.75, 3.05) is 5.32 Å². The average molecular weight is 317 g/mol. The van der Waals surface area contributed by atoms with Crippen LogP contribution in [0, 0.1) is 0 Å². The van der Waals surface area contributed by atoms with E-state index in [1.165, 1.54) is 0 Å². The summed E-state index contributed by atoms with van der Waals surface area (Å²) >= 11 is 0. The highest BCUT2D eigenvalue weighted by Gasteiger charge is 2.43. The number of anilines is 1. The van der Waals surface area contributed by atoms with Crippen LogP contribution in [0.15, 0.2) is 72.8 Å². The monoisotopic (exact) mass is 317 g/mol. The summed E-state index contributed by atoms with van der Waals surface area (Å²) in [5.74, 6) is -0.193. The zero-order chi connectivity index (χ0) is 16.5. The van der Waals surface area contributed by atoms with Crippen LogP contribution in [-0.4, -0.2) is 18.1 Å². The van der Waals surface area contributed by atoms with Crippen LogP contribution in [0.4, 0.5) is 5.69 Å². The second-order valence-corrected chi connectivity index (χ2v) is 6.23. The first-order valence-corrected chi connectivity index (χ1v) is 8.24. The number of esters is 1. The molecule has 0 unspecified atom stereocenters. The van der Waals surface area contributed by atoms with Gasteiger partial charge in [-0.05, 0) is 23.9 Å². The van der Waals surface area contributed by atoms with Crippen molar-refractivity contribution in [1.82, 2.24) is 0 Å². The van der Waals surface area contributed by atoms with Crippen molar-refractivity contribution in [2.24, 2.45) is 0 Å². The van der Waals surface area contributed by atoms with Crippen LogP contribution in [0.3, 0.4) is 0 Å². The maximum Gasteiger partial charge on any atom is 0.329 e. The first-order valence-electron chi connectivity index (χ1n) is 8.24. The lowest BCUT2D eigenvalue weighted by molar-refractivity contribution is -0.141. The van der Waals surface area contributed by atoms with Crippen molar-refractivity contribution in [3.8, 4) is 0 Å². The number of carbonyl (C=O) groups excluding carboxylic acids is 1.